The minimum Gasteiger partial charge on any atom is -0.216 e. The van der Waals surface area contributed by atoms with Gasteiger partial charge in [0.15, 0.2) is 5.69 Å². The summed E-state index contributed by atoms with van der Waals surface area (Å²) in [6.07, 6.45) is -2.71. The molecule has 1 aliphatic rings. The third-order valence-electron chi connectivity index (χ3n) is 3.98. The molecule has 118 valence electrons. The summed E-state index contributed by atoms with van der Waals surface area (Å²) in [6.45, 7) is 5.52. The summed E-state index contributed by atoms with van der Waals surface area (Å²) < 4.78 is 41.5. The fourth-order valence-corrected chi connectivity index (χ4v) is 2.93. The minimum atomic E-state index is -4.48. The van der Waals surface area contributed by atoms with Crippen LogP contribution in [-0.2, 0) is 19.0 Å². The molecule has 2 aromatic heterocycles. The first-order valence-corrected chi connectivity index (χ1v) is 7.26. The van der Waals surface area contributed by atoms with Crippen LogP contribution in [0.25, 0.3) is 5.95 Å². The minimum absolute atomic E-state index is 0.00577. The lowest BCUT2D eigenvalue weighted by Gasteiger charge is -2.24. The van der Waals surface area contributed by atoms with Gasteiger partial charge in [-0.2, -0.15) is 18.3 Å². The lowest BCUT2D eigenvalue weighted by atomic mass is 9.87. The molecular formula is C15H17F3N4. The summed E-state index contributed by atoms with van der Waals surface area (Å²) in [4.78, 5) is 8.16. The van der Waals surface area contributed by atoms with E-state index in [0.29, 0.717) is 18.5 Å². The van der Waals surface area contributed by atoms with Crippen LogP contribution in [0.15, 0.2) is 6.07 Å². The molecule has 3 rings (SSSR count). The van der Waals surface area contributed by atoms with Crippen LogP contribution in [0.3, 0.4) is 0 Å². The molecule has 0 saturated heterocycles. The van der Waals surface area contributed by atoms with E-state index in [1.807, 2.05) is 6.92 Å². The number of alkyl halides is 3. The van der Waals surface area contributed by atoms with Crippen molar-refractivity contribution >= 4 is 0 Å². The number of hydrogen-bond donors (Lipinski definition) is 0. The number of hydrogen-bond acceptors (Lipinski definition) is 3. The molecular weight excluding hydrogens is 293 g/mol. The van der Waals surface area contributed by atoms with Gasteiger partial charge in [-0.3, -0.25) is 0 Å². The molecule has 2 heterocycles. The van der Waals surface area contributed by atoms with Crippen molar-refractivity contribution in [3.63, 3.8) is 0 Å². The van der Waals surface area contributed by atoms with Crippen molar-refractivity contribution in [3.8, 4) is 5.95 Å². The van der Waals surface area contributed by atoms with Crippen LogP contribution in [0, 0.1) is 19.8 Å². The smallest absolute Gasteiger partial charge is 0.216 e. The second kappa shape index (κ2) is 5.07. The third kappa shape index (κ3) is 2.60. The molecule has 0 fully saturated rings. The van der Waals surface area contributed by atoms with Gasteiger partial charge in [0.25, 0.3) is 5.95 Å². The van der Waals surface area contributed by atoms with Crippen molar-refractivity contribution in [2.45, 2.75) is 46.2 Å². The van der Waals surface area contributed by atoms with Crippen LogP contribution in [0.1, 0.15) is 41.7 Å². The summed E-state index contributed by atoms with van der Waals surface area (Å²) in [7, 11) is 0. The number of aromatic nitrogens is 4. The topological polar surface area (TPSA) is 43.6 Å². The molecule has 1 aliphatic carbocycles. The Bertz CT molecular complexity index is 718. The van der Waals surface area contributed by atoms with Crippen LogP contribution in [0.5, 0.6) is 0 Å². The van der Waals surface area contributed by atoms with Crippen molar-refractivity contribution in [3.05, 3.63) is 34.4 Å². The Kier molecular flexibility index (Phi) is 3.45. The average Bonchev–Trinajstić information content (AvgIpc) is 2.75. The number of rotatable bonds is 1. The first kappa shape index (κ1) is 15.0. The Hall–Kier alpha value is -1.92. The van der Waals surface area contributed by atoms with Crippen molar-refractivity contribution in [1.29, 1.82) is 0 Å². The molecule has 0 amide bonds. The van der Waals surface area contributed by atoms with Gasteiger partial charge in [0.2, 0.25) is 0 Å². The van der Waals surface area contributed by atoms with Gasteiger partial charge >= 0.3 is 6.18 Å². The monoisotopic (exact) mass is 310 g/mol. The summed E-state index contributed by atoms with van der Waals surface area (Å²) in [5, 5.41) is 4.19. The number of fused-ring (bicyclic) bond motifs is 1. The van der Waals surface area contributed by atoms with Crippen LogP contribution >= 0.6 is 0 Å². The van der Waals surface area contributed by atoms with Crippen LogP contribution < -0.4 is 0 Å². The Labute approximate surface area is 126 Å². The predicted octanol–water partition coefficient (Wildman–Crippen LogP) is 3.42. The van der Waals surface area contributed by atoms with Crippen molar-refractivity contribution < 1.29 is 13.2 Å². The lowest BCUT2D eigenvalue weighted by Crippen LogP contribution is -2.23. The highest BCUT2D eigenvalue weighted by molar-refractivity contribution is 5.34. The van der Waals surface area contributed by atoms with E-state index in [2.05, 4.69) is 15.1 Å². The highest BCUT2D eigenvalue weighted by Crippen LogP contribution is 2.36. The van der Waals surface area contributed by atoms with Gasteiger partial charge in [-0.1, -0.05) is 6.92 Å². The van der Waals surface area contributed by atoms with Crippen molar-refractivity contribution in [2.75, 3.05) is 0 Å². The fraction of sp³-hybridized carbons (Fsp3) is 0.533. The largest absolute Gasteiger partial charge is 0.433 e. The van der Waals surface area contributed by atoms with Gasteiger partial charge in [-0.15, -0.1) is 0 Å². The molecule has 1 unspecified atom stereocenters. The number of halogens is 3. The Morgan fingerprint density at radius 3 is 2.55 bits per heavy atom. The quantitative estimate of drug-likeness (QED) is 0.810. The SMILES string of the molecule is Cc1cc(C)n(-c2nc3c(c(C(F)(F)F)n2)CC(C)CC3)n1. The Morgan fingerprint density at radius 2 is 1.95 bits per heavy atom. The van der Waals surface area contributed by atoms with Crippen LogP contribution in [-0.4, -0.2) is 19.7 Å². The van der Waals surface area contributed by atoms with E-state index in [-0.39, 0.29) is 17.4 Å². The molecule has 0 spiro atoms. The van der Waals surface area contributed by atoms with Gasteiger partial charge < -0.3 is 0 Å². The van der Waals surface area contributed by atoms with Gasteiger partial charge in [-0.05, 0) is 45.1 Å². The van der Waals surface area contributed by atoms with E-state index in [0.717, 1.165) is 17.8 Å². The number of aryl methyl sites for hydroxylation is 3. The molecule has 0 aliphatic heterocycles. The summed E-state index contributed by atoms with van der Waals surface area (Å²) in [5.41, 5.74) is 1.38. The summed E-state index contributed by atoms with van der Waals surface area (Å²) in [5.74, 6) is 0.225. The van der Waals surface area contributed by atoms with Crippen molar-refractivity contribution in [2.24, 2.45) is 5.92 Å². The molecule has 0 aromatic carbocycles. The molecule has 0 radical (unpaired) electrons. The second-order valence-corrected chi connectivity index (χ2v) is 5.98. The normalized spacial score (nSPS) is 18.4. The zero-order chi connectivity index (χ0) is 16.1. The van der Waals surface area contributed by atoms with Crippen LogP contribution in [0.4, 0.5) is 13.2 Å². The molecule has 2 aromatic rings. The first-order chi connectivity index (χ1) is 10.3. The van der Waals surface area contributed by atoms with E-state index in [9.17, 15) is 13.2 Å². The average molecular weight is 310 g/mol. The van der Waals surface area contributed by atoms with Crippen LogP contribution in [0.2, 0.25) is 0 Å². The highest BCUT2D eigenvalue weighted by Gasteiger charge is 2.39. The van der Waals surface area contributed by atoms with E-state index in [4.69, 9.17) is 0 Å². The maximum atomic E-state index is 13.4. The fourth-order valence-electron chi connectivity index (χ4n) is 2.93. The van der Waals surface area contributed by atoms with Gasteiger partial charge in [0, 0.05) is 17.0 Å². The first-order valence-electron chi connectivity index (χ1n) is 7.26. The van der Waals surface area contributed by atoms with E-state index in [1.165, 1.54) is 4.68 Å². The zero-order valence-electron chi connectivity index (χ0n) is 12.7. The molecule has 0 bridgehead atoms. The number of nitrogens with zero attached hydrogens (tertiary/aromatic N) is 4. The summed E-state index contributed by atoms with van der Waals surface area (Å²) in [6, 6.07) is 1.79. The van der Waals surface area contributed by atoms with E-state index in [1.54, 1.807) is 19.9 Å². The highest BCUT2D eigenvalue weighted by atomic mass is 19.4. The van der Waals surface area contributed by atoms with Gasteiger partial charge in [0.05, 0.1) is 5.69 Å². The maximum absolute atomic E-state index is 13.4. The van der Waals surface area contributed by atoms with E-state index < -0.39 is 11.9 Å². The molecule has 22 heavy (non-hydrogen) atoms. The standard InChI is InChI=1S/C15H17F3N4/c1-8-4-5-12-11(6-8)13(15(16,17)18)20-14(19-12)22-10(3)7-9(2)21-22/h7-8H,4-6H2,1-3H3. The maximum Gasteiger partial charge on any atom is 0.433 e. The van der Waals surface area contributed by atoms with Crippen molar-refractivity contribution in [1.82, 2.24) is 19.7 Å². The Morgan fingerprint density at radius 1 is 1.23 bits per heavy atom. The van der Waals surface area contributed by atoms with Gasteiger partial charge in [0.1, 0.15) is 0 Å². The molecule has 1 atom stereocenters. The Balaban J connectivity index is 2.20. The molecule has 7 heteroatoms. The second-order valence-electron chi connectivity index (χ2n) is 5.98. The molecule has 4 nitrogen and oxygen atoms in total. The molecule has 0 N–H and O–H groups in total. The van der Waals surface area contributed by atoms with E-state index >= 15 is 0 Å². The third-order valence-corrected chi connectivity index (χ3v) is 3.98. The van der Waals surface area contributed by atoms with Gasteiger partial charge in [-0.25, -0.2) is 14.6 Å². The zero-order valence-corrected chi connectivity index (χ0v) is 12.7. The summed E-state index contributed by atoms with van der Waals surface area (Å²) >= 11 is 0. The lowest BCUT2D eigenvalue weighted by molar-refractivity contribution is -0.142. The molecule has 0 saturated carbocycles. The predicted molar refractivity (Wildman–Crippen MR) is 74.8 cm³/mol.